The first-order valence-corrected chi connectivity index (χ1v) is 6.73. The van der Waals surface area contributed by atoms with E-state index in [2.05, 4.69) is 35.8 Å². The van der Waals surface area contributed by atoms with Gasteiger partial charge in [-0.25, -0.2) is 4.98 Å². The minimum atomic E-state index is 0.114. The maximum absolute atomic E-state index is 8.94. The summed E-state index contributed by atoms with van der Waals surface area (Å²) in [5.74, 6) is 1.48. The molecule has 5 heteroatoms. The highest BCUT2D eigenvalue weighted by molar-refractivity contribution is 6.02. The topological polar surface area (TPSA) is 74.7 Å². The molecular weight excluding hydrogens is 240 g/mol. The average molecular weight is 264 g/mol. The van der Waals surface area contributed by atoms with Crippen LogP contribution in [0, 0.1) is 12.8 Å². The van der Waals surface area contributed by atoms with Crippen molar-refractivity contribution in [2.45, 2.75) is 34.1 Å². The molecule has 1 unspecified atom stereocenters. The molecule has 0 spiro atoms. The first-order chi connectivity index (χ1) is 9.04. The standard InChI is InChI=1S/C14H24N4O/c1-5-10(3)9-18(6-2)14-12(13(15)17-19)11(4)7-8-16-14/h7-8,10,19H,5-6,9H2,1-4H3,(H2,15,17). The average Bonchev–Trinajstić information content (AvgIpc) is 2.43. The van der Waals surface area contributed by atoms with E-state index in [1.165, 1.54) is 0 Å². The van der Waals surface area contributed by atoms with Gasteiger partial charge >= 0.3 is 0 Å². The second-order valence-corrected chi connectivity index (χ2v) is 4.86. The Balaban J connectivity index is 3.20. The van der Waals surface area contributed by atoms with Crippen molar-refractivity contribution in [3.05, 3.63) is 23.4 Å². The van der Waals surface area contributed by atoms with Gasteiger partial charge in [0.2, 0.25) is 0 Å². The summed E-state index contributed by atoms with van der Waals surface area (Å²) in [4.78, 5) is 6.60. The number of nitrogens with zero attached hydrogens (tertiary/aromatic N) is 3. The summed E-state index contributed by atoms with van der Waals surface area (Å²) in [5.41, 5.74) is 7.46. The molecule has 5 nitrogen and oxygen atoms in total. The van der Waals surface area contributed by atoms with Crippen molar-refractivity contribution in [1.29, 1.82) is 0 Å². The summed E-state index contributed by atoms with van der Waals surface area (Å²) in [5, 5.41) is 12.1. The van der Waals surface area contributed by atoms with Gasteiger partial charge in [0.05, 0.1) is 5.56 Å². The van der Waals surface area contributed by atoms with Gasteiger partial charge in [0.15, 0.2) is 5.84 Å². The zero-order valence-corrected chi connectivity index (χ0v) is 12.2. The fraction of sp³-hybridized carbons (Fsp3) is 0.571. The third-order valence-electron chi connectivity index (χ3n) is 3.41. The normalized spacial score (nSPS) is 13.4. The lowest BCUT2D eigenvalue weighted by molar-refractivity contribution is 0.318. The molecule has 1 atom stereocenters. The van der Waals surface area contributed by atoms with E-state index >= 15 is 0 Å². The zero-order valence-electron chi connectivity index (χ0n) is 12.2. The molecule has 0 saturated heterocycles. The quantitative estimate of drug-likeness (QED) is 0.358. The highest BCUT2D eigenvalue weighted by Crippen LogP contribution is 2.22. The third-order valence-corrected chi connectivity index (χ3v) is 3.41. The van der Waals surface area contributed by atoms with Crippen LogP contribution >= 0.6 is 0 Å². The molecule has 1 aromatic heterocycles. The van der Waals surface area contributed by atoms with Crippen molar-refractivity contribution in [3.63, 3.8) is 0 Å². The number of oxime groups is 1. The second kappa shape index (κ2) is 6.97. The van der Waals surface area contributed by atoms with Gasteiger partial charge in [0, 0.05) is 19.3 Å². The van der Waals surface area contributed by atoms with Crippen molar-refractivity contribution in [2.75, 3.05) is 18.0 Å². The Morgan fingerprint density at radius 1 is 1.53 bits per heavy atom. The third kappa shape index (κ3) is 3.59. The summed E-state index contributed by atoms with van der Waals surface area (Å²) >= 11 is 0. The predicted octanol–water partition coefficient (Wildman–Crippen LogP) is 2.36. The van der Waals surface area contributed by atoms with Crippen LogP contribution in [0.15, 0.2) is 17.4 Å². The minimum Gasteiger partial charge on any atom is -0.409 e. The summed E-state index contributed by atoms with van der Waals surface area (Å²) in [6.07, 6.45) is 2.87. The van der Waals surface area contributed by atoms with Crippen LogP contribution in [0.1, 0.15) is 38.3 Å². The molecule has 0 saturated carbocycles. The molecule has 1 aromatic rings. The summed E-state index contributed by atoms with van der Waals surface area (Å²) in [6, 6.07) is 1.87. The molecule has 0 aliphatic heterocycles. The molecule has 0 aromatic carbocycles. The molecule has 0 bridgehead atoms. The Morgan fingerprint density at radius 3 is 2.74 bits per heavy atom. The number of hydrogen-bond donors (Lipinski definition) is 2. The van der Waals surface area contributed by atoms with Crippen molar-refractivity contribution in [2.24, 2.45) is 16.8 Å². The van der Waals surface area contributed by atoms with E-state index in [1.54, 1.807) is 6.20 Å². The van der Waals surface area contributed by atoms with Crippen LogP contribution in [0.5, 0.6) is 0 Å². The molecule has 0 aliphatic rings. The first-order valence-electron chi connectivity index (χ1n) is 6.73. The Hall–Kier alpha value is -1.78. The van der Waals surface area contributed by atoms with Gasteiger partial charge in [-0.2, -0.15) is 0 Å². The van der Waals surface area contributed by atoms with E-state index in [4.69, 9.17) is 10.9 Å². The number of pyridine rings is 1. The van der Waals surface area contributed by atoms with Crippen LogP contribution in [0.3, 0.4) is 0 Å². The van der Waals surface area contributed by atoms with E-state index in [0.29, 0.717) is 5.92 Å². The molecule has 1 rings (SSSR count). The van der Waals surface area contributed by atoms with Gasteiger partial charge in [-0.05, 0) is 31.4 Å². The van der Waals surface area contributed by atoms with Gasteiger partial charge in [-0.15, -0.1) is 0 Å². The Morgan fingerprint density at radius 2 is 2.21 bits per heavy atom. The van der Waals surface area contributed by atoms with Crippen LogP contribution in [0.2, 0.25) is 0 Å². The molecule has 0 aliphatic carbocycles. The Labute approximate surface area is 115 Å². The monoisotopic (exact) mass is 264 g/mol. The van der Waals surface area contributed by atoms with E-state index < -0.39 is 0 Å². The second-order valence-electron chi connectivity index (χ2n) is 4.86. The van der Waals surface area contributed by atoms with Gasteiger partial charge in [0.1, 0.15) is 5.82 Å². The number of hydrogen-bond acceptors (Lipinski definition) is 4. The van der Waals surface area contributed by atoms with Gasteiger partial charge in [-0.1, -0.05) is 25.4 Å². The van der Waals surface area contributed by atoms with Crippen LogP contribution in [0.25, 0.3) is 0 Å². The van der Waals surface area contributed by atoms with Gasteiger partial charge < -0.3 is 15.8 Å². The molecule has 19 heavy (non-hydrogen) atoms. The molecule has 3 N–H and O–H groups in total. The van der Waals surface area contributed by atoms with Crippen LogP contribution in [-0.2, 0) is 0 Å². The highest BCUT2D eigenvalue weighted by Gasteiger charge is 2.18. The number of aryl methyl sites for hydroxylation is 1. The molecular formula is C14H24N4O. The van der Waals surface area contributed by atoms with Crippen LogP contribution in [-0.4, -0.2) is 29.1 Å². The number of aromatic nitrogens is 1. The highest BCUT2D eigenvalue weighted by atomic mass is 16.4. The van der Waals surface area contributed by atoms with Crippen LogP contribution in [0.4, 0.5) is 5.82 Å². The molecule has 0 fully saturated rings. The van der Waals surface area contributed by atoms with E-state index in [-0.39, 0.29) is 5.84 Å². The van der Waals surface area contributed by atoms with Crippen molar-refractivity contribution in [1.82, 2.24) is 4.98 Å². The van der Waals surface area contributed by atoms with E-state index in [0.717, 1.165) is 36.5 Å². The number of amidine groups is 1. The fourth-order valence-electron chi connectivity index (χ4n) is 2.02. The fourth-order valence-corrected chi connectivity index (χ4v) is 2.02. The Kier molecular flexibility index (Phi) is 5.60. The number of nitrogens with two attached hydrogens (primary N) is 1. The summed E-state index contributed by atoms with van der Waals surface area (Å²) in [7, 11) is 0. The molecule has 1 heterocycles. The lowest BCUT2D eigenvalue weighted by Crippen LogP contribution is -2.32. The minimum absolute atomic E-state index is 0.114. The number of anilines is 1. The molecule has 0 radical (unpaired) electrons. The summed E-state index contributed by atoms with van der Waals surface area (Å²) in [6.45, 7) is 10.2. The first kappa shape index (κ1) is 15.3. The maximum Gasteiger partial charge on any atom is 0.174 e. The Bertz CT molecular complexity index is 445. The molecule has 106 valence electrons. The maximum atomic E-state index is 8.94. The number of rotatable bonds is 6. The SMILES string of the molecule is CCC(C)CN(CC)c1nccc(C)c1/C(N)=N/O. The summed E-state index contributed by atoms with van der Waals surface area (Å²) < 4.78 is 0. The van der Waals surface area contributed by atoms with Gasteiger partial charge in [-0.3, -0.25) is 0 Å². The lowest BCUT2D eigenvalue weighted by atomic mass is 10.1. The predicted molar refractivity (Wildman–Crippen MR) is 78.8 cm³/mol. The smallest absolute Gasteiger partial charge is 0.174 e. The zero-order chi connectivity index (χ0) is 14.4. The largest absolute Gasteiger partial charge is 0.409 e. The molecule has 0 amide bonds. The van der Waals surface area contributed by atoms with Crippen molar-refractivity contribution >= 4 is 11.7 Å². The van der Waals surface area contributed by atoms with Gasteiger partial charge in [0.25, 0.3) is 0 Å². The van der Waals surface area contributed by atoms with Crippen LogP contribution < -0.4 is 10.6 Å². The van der Waals surface area contributed by atoms with Crippen molar-refractivity contribution in [3.8, 4) is 0 Å². The van der Waals surface area contributed by atoms with E-state index in [9.17, 15) is 0 Å². The lowest BCUT2D eigenvalue weighted by Gasteiger charge is -2.27. The van der Waals surface area contributed by atoms with E-state index in [1.807, 2.05) is 13.0 Å². The van der Waals surface area contributed by atoms with Crippen molar-refractivity contribution < 1.29 is 5.21 Å².